The van der Waals surface area contributed by atoms with Crippen molar-refractivity contribution in [2.45, 2.75) is 19.4 Å². The molecule has 1 amide bonds. The Morgan fingerprint density at radius 2 is 2.17 bits per heavy atom. The number of rotatable bonds is 5. The molecule has 1 aromatic rings. The number of carbonyl (C=O) groups is 1. The molecule has 0 saturated heterocycles. The van der Waals surface area contributed by atoms with Gasteiger partial charge in [0.2, 0.25) is 5.91 Å². The SMILES string of the molecule is CC(Cc1ccc(N(C)C)cc1F)NC(=O)CN. The number of carbonyl (C=O) groups excluding carboxylic acids is 1. The fourth-order valence-corrected chi connectivity index (χ4v) is 1.69. The maximum Gasteiger partial charge on any atom is 0.233 e. The minimum absolute atomic E-state index is 0.0492. The Kier molecular flexibility index (Phi) is 5.09. The second-order valence-corrected chi connectivity index (χ2v) is 4.55. The van der Waals surface area contributed by atoms with Crippen molar-refractivity contribution in [3.63, 3.8) is 0 Å². The Bertz CT molecular complexity index is 421. The molecule has 3 N–H and O–H groups in total. The van der Waals surface area contributed by atoms with Crippen molar-refractivity contribution in [2.24, 2.45) is 5.73 Å². The predicted octanol–water partition coefficient (Wildman–Crippen LogP) is 0.898. The number of nitrogens with zero attached hydrogens (tertiary/aromatic N) is 1. The van der Waals surface area contributed by atoms with Crippen LogP contribution in [0.15, 0.2) is 18.2 Å². The number of nitrogens with two attached hydrogens (primary N) is 1. The lowest BCUT2D eigenvalue weighted by Crippen LogP contribution is -2.38. The molecule has 0 heterocycles. The van der Waals surface area contributed by atoms with Crippen molar-refractivity contribution >= 4 is 11.6 Å². The van der Waals surface area contributed by atoms with Gasteiger partial charge >= 0.3 is 0 Å². The summed E-state index contributed by atoms with van der Waals surface area (Å²) < 4.78 is 13.8. The average molecular weight is 253 g/mol. The van der Waals surface area contributed by atoms with Crippen LogP contribution in [0.25, 0.3) is 0 Å². The number of hydrogen-bond acceptors (Lipinski definition) is 3. The zero-order chi connectivity index (χ0) is 13.7. The van der Waals surface area contributed by atoms with Crippen LogP contribution in [0.5, 0.6) is 0 Å². The molecule has 18 heavy (non-hydrogen) atoms. The van der Waals surface area contributed by atoms with Gasteiger partial charge < -0.3 is 16.0 Å². The molecular formula is C13H20FN3O. The van der Waals surface area contributed by atoms with Gasteiger partial charge in [-0.1, -0.05) is 6.07 Å². The van der Waals surface area contributed by atoms with E-state index in [9.17, 15) is 9.18 Å². The summed E-state index contributed by atoms with van der Waals surface area (Å²) in [5.74, 6) is -0.483. The van der Waals surface area contributed by atoms with E-state index >= 15 is 0 Å². The monoisotopic (exact) mass is 253 g/mol. The van der Waals surface area contributed by atoms with Crippen molar-refractivity contribution in [1.82, 2.24) is 5.32 Å². The van der Waals surface area contributed by atoms with Crippen LogP contribution in [0.4, 0.5) is 10.1 Å². The summed E-state index contributed by atoms with van der Waals surface area (Å²) in [5.41, 5.74) is 6.61. The van der Waals surface area contributed by atoms with E-state index in [2.05, 4.69) is 5.32 Å². The van der Waals surface area contributed by atoms with Crippen LogP contribution in [0, 0.1) is 5.82 Å². The van der Waals surface area contributed by atoms with E-state index in [1.54, 1.807) is 6.07 Å². The summed E-state index contributed by atoms with van der Waals surface area (Å²) in [6.45, 7) is 1.78. The fourth-order valence-electron chi connectivity index (χ4n) is 1.69. The first-order valence-electron chi connectivity index (χ1n) is 5.89. The zero-order valence-electron chi connectivity index (χ0n) is 11.0. The minimum atomic E-state index is -0.255. The maximum atomic E-state index is 13.8. The third kappa shape index (κ3) is 4.00. The smallest absolute Gasteiger partial charge is 0.233 e. The van der Waals surface area contributed by atoms with Crippen molar-refractivity contribution < 1.29 is 9.18 Å². The van der Waals surface area contributed by atoms with Crippen molar-refractivity contribution in [3.05, 3.63) is 29.6 Å². The third-order valence-corrected chi connectivity index (χ3v) is 2.67. The minimum Gasteiger partial charge on any atom is -0.378 e. The van der Waals surface area contributed by atoms with Gasteiger partial charge in [-0.2, -0.15) is 0 Å². The lowest BCUT2D eigenvalue weighted by Gasteiger charge is -2.16. The summed E-state index contributed by atoms with van der Waals surface area (Å²) in [5, 5.41) is 2.70. The van der Waals surface area contributed by atoms with Gasteiger partial charge in [0.25, 0.3) is 0 Å². The lowest BCUT2D eigenvalue weighted by molar-refractivity contribution is -0.120. The van der Waals surface area contributed by atoms with Crippen LogP contribution in [-0.2, 0) is 11.2 Å². The zero-order valence-corrected chi connectivity index (χ0v) is 11.0. The number of nitrogens with one attached hydrogen (secondary N) is 1. The number of benzene rings is 1. The molecule has 0 aliphatic rings. The van der Waals surface area contributed by atoms with Crippen molar-refractivity contribution in [1.29, 1.82) is 0 Å². The quantitative estimate of drug-likeness (QED) is 0.819. The van der Waals surface area contributed by atoms with E-state index in [0.717, 1.165) is 5.69 Å². The van der Waals surface area contributed by atoms with E-state index in [1.807, 2.05) is 32.0 Å². The first kappa shape index (κ1) is 14.4. The molecule has 4 nitrogen and oxygen atoms in total. The van der Waals surface area contributed by atoms with Gasteiger partial charge in [0, 0.05) is 25.8 Å². The molecule has 0 aromatic heterocycles. The Morgan fingerprint density at radius 1 is 1.50 bits per heavy atom. The first-order valence-corrected chi connectivity index (χ1v) is 5.89. The Morgan fingerprint density at radius 3 is 2.67 bits per heavy atom. The normalized spacial score (nSPS) is 12.1. The molecule has 100 valence electrons. The van der Waals surface area contributed by atoms with E-state index in [-0.39, 0.29) is 24.3 Å². The van der Waals surface area contributed by atoms with Gasteiger partial charge in [-0.15, -0.1) is 0 Å². The Labute approximate surface area is 107 Å². The average Bonchev–Trinajstić information content (AvgIpc) is 2.31. The van der Waals surface area contributed by atoms with E-state index < -0.39 is 0 Å². The highest BCUT2D eigenvalue weighted by Crippen LogP contribution is 2.17. The molecule has 1 unspecified atom stereocenters. The van der Waals surface area contributed by atoms with Gasteiger partial charge in [0.15, 0.2) is 0 Å². The molecule has 0 saturated carbocycles. The van der Waals surface area contributed by atoms with Crippen LogP contribution in [0.3, 0.4) is 0 Å². The molecule has 5 heteroatoms. The second kappa shape index (κ2) is 6.35. The molecule has 1 atom stereocenters. The van der Waals surface area contributed by atoms with Gasteiger partial charge in [-0.25, -0.2) is 4.39 Å². The summed E-state index contributed by atoms with van der Waals surface area (Å²) in [6, 6.07) is 4.96. The largest absolute Gasteiger partial charge is 0.378 e. The third-order valence-electron chi connectivity index (χ3n) is 2.67. The van der Waals surface area contributed by atoms with Crippen molar-refractivity contribution in [3.8, 4) is 0 Å². The molecule has 0 spiro atoms. The van der Waals surface area contributed by atoms with Crippen molar-refractivity contribution in [2.75, 3.05) is 25.5 Å². The highest BCUT2D eigenvalue weighted by molar-refractivity contribution is 5.78. The van der Waals surface area contributed by atoms with E-state index in [1.165, 1.54) is 6.07 Å². The van der Waals surface area contributed by atoms with Crippen LogP contribution >= 0.6 is 0 Å². The Balaban J connectivity index is 2.70. The molecule has 0 bridgehead atoms. The van der Waals surface area contributed by atoms with E-state index in [4.69, 9.17) is 5.73 Å². The summed E-state index contributed by atoms with van der Waals surface area (Å²) in [4.78, 5) is 12.9. The highest BCUT2D eigenvalue weighted by Gasteiger charge is 2.10. The summed E-state index contributed by atoms with van der Waals surface area (Å²) >= 11 is 0. The van der Waals surface area contributed by atoms with Gasteiger partial charge in [0.05, 0.1) is 6.54 Å². The lowest BCUT2D eigenvalue weighted by atomic mass is 10.1. The molecule has 0 radical (unpaired) electrons. The number of hydrogen-bond donors (Lipinski definition) is 2. The highest BCUT2D eigenvalue weighted by atomic mass is 19.1. The molecular weight excluding hydrogens is 233 g/mol. The van der Waals surface area contributed by atoms with E-state index in [0.29, 0.717) is 12.0 Å². The summed E-state index contributed by atoms with van der Waals surface area (Å²) in [7, 11) is 3.72. The fraction of sp³-hybridized carbons (Fsp3) is 0.462. The predicted molar refractivity (Wildman–Crippen MR) is 71.1 cm³/mol. The molecule has 1 rings (SSSR count). The van der Waals surface area contributed by atoms with Crippen LogP contribution < -0.4 is 16.0 Å². The number of anilines is 1. The number of amides is 1. The standard InChI is InChI=1S/C13H20FN3O/c1-9(16-13(18)8-15)6-10-4-5-11(17(2)3)7-12(10)14/h4-5,7,9H,6,8,15H2,1-3H3,(H,16,18). The number of halogens is 1. The maximum absolute atomic E-state index is 13.8. The molecule has 0 fully saturated rings. The van der Waals surface area contributed by atoms with Gasteiger partial charge in [-0.05, 0) is 31.0 Å². The van der Waals surface area contributed by atoms with Crippen LogP contribution in [0.1, 0.15) is 12.5 Å². The summed E-state index contributed by atoms with van der Waals surface area (Å²) in [6.07, 6.45) is 0.450. The molecule has 1 aromatic carbocycles. The first-order chi connectivity index (χ1) is 8.43. The van der Waals surface area contributed by atoms with Gasteiger partial charge in [-0.3, -0.25) is 4.79 Å². The van der Waals surface area contributed by atoms with Crippen LogP contribution in [-0.4, -0.2) is 32.6 Å². The second-order valence-electron chi connectivity index (χ2n) is 4.55. The molecule has 0 aliphatic carbocycles. The van der Waals surface area contributed by atoms with Crippen LogP contribution in [0.2, 0.25) is 0 Å². The Hall–Kier alpha value is -1.62. The molecule has 0 aliphatic heterocycles. The van der Waals surface area contributed by atoms with Gasteiger partial charge in [0.1, 0.15) is 5.82 Å². The topological polar surface area (TPSA) is 58.4 Å².